The molecule has 0 saturated heterocycles. The van der Waals surface area contributed by atoms with E-state index < -0.39 is 0 Å². The number of benzene rings is 1. The number of rotatable bonds is 2. The minimum atomic E-state index is 0.493. The molecular weight excluding hydrogens is 272 g/mol. The molecule has 0 spiro atoms. The van der Waals surface area contributed by atoms with Crippen LogP contribution in [0.1, 0.15) is 35.7 Å². The molecule has 0 radical (unpaired) electrons. The third-order valence-electron chi connectivity index (χ3n) is 2.49. The first-order valence-corrected chi connectivity index (χ1v) is 6.41. The largest absolute Gasteiger partial charge is 0.298 e. The number of aldehydes is 1. The van der Waals surface area contributed by atoms with Gasteiger partial charge in [-0.15, -0.1) is 11.3 Å². The van der Waals surface area contributed by atoms with Crippen molar-refractivity contribution in [2.24, 2.45) is 0 Å². The monoisotopic (exact) mass is 282 g/mol. The minimum Gasteiger partial charge on any atom is -0.298 e. The van der Waals surface area contributed by atoms with Gasteiger partial charge in [0.15, 0.2) is 6.29 Å². The predicted octanol–water partition coefficient (Wildman–Crippen LogP) is 4.60. The van der Waals surface area contributed by atoms with Crippen molar-refractivity contribution in [1.82, 2.24) is 0 Å². The van der Waals surface area contributed by atoms with Crippen LogP contribution in [0.25, 0.3) is 10.1 Å². The van der Waals surface area contributed by atoms with Gasteiger partial charge in [0, 0.05) is 15.6 Å². The summed E-state index contributed by atoms with van der Waals surface area (Å²) in [6.07, 6.45) is 0.924. The zero-order valence-corrected chi connectivity index (χ0v) is 11.0. The number of hydrogen-bond acceptors (Lipinski definition) is 2. The Labute approximate surface area is 101 Å². The summed E-state index contributed by atoms with van der Waals surface area (Å²) in [5.41, 5.74) is 2.05. The lowest BCUT2D eigenvalue weighted by atomic mass is 10.0. The predicted molar refractivity (Wildman–Crippen MR) is 69.0 cm³/mol. The fourth-order valence-electron chi connectivity index (χ4n) is 1.57. The SMILES string of the molecule is CC(C)c1ccc2sc(Br)c(C=O)c2c1. The van der Waals surface area contributed by atoms with E-state index in [2.05, 4.69) is 48.0 Å². The molecule has 0 aliphatic rings. The molecule has 0 atom stereocenters. The van der Waals surface area contributed by atoms with Crippen molar-refractivity contribution >= 4 is 43.6 Å². The van der Waals surface area contributed by atoms with Crippen LogP contribution in [0.4, 0.5) is 0 Å². The highest BCUT2D eigenvalue weighted by Crippen LogP contribution is 2.35. The number of halogens is 1. The average molecular weight is 283 g/mol. The van der Waals surface area contributed by atoms with Gasteiger partial charge in [0.1, 0.15) is 0 Å². The van der Waals surface area contributed by atoms with Crippen LogP contribution < -0.4 is 0 Å². The van der Waals surface area contributed by atoms with E-state index in [9.17, 15) is 4.79 Å². The molecule has 15 heavy (non-hydrogen) atoms. The topological polar surface area (TPSA) is 17.1 Å². The van der Waals surface area contributed by atoms with Crippen LogP contribution in [0.2, 0.25) is 0 Å². The Morgan fingerprint density at radius 3 is 2.73 bits per heavy atom. The maximum atomic E-state index is 11.0. The van der Waals surface area contributed by atoms with Crippen molar-refractivity contribution in [3.05, 3.63) is 33.1 Å². The third-order valence-corrected chi connectivity index (χ3v) is 4.38. The molecule has 0 N–H and O–H groups in total. The summed E-state index contributed by atoms with van der Waals surface area (Å²) >= 11 is 5.03. The molecule has 2 aromatic rings. The zero-order valence-electron chi connectivity index (χ0n) is 8.58. The average Bonchev–Trinajstić information content (AvgIpc) is 2.51. The first kappa shape index (κ1) is 10.8. The van der Waals surface area contributed by atoms with E-state index in [0.717, 1.165) is 25.7 Å². The fraction of sp³-hybridized carbons (Fsp3) is 0.250. The summed E-state index contributed by atoms with van der Waals surface area (Å²) in [5, 5.41) is 1.06. The molecule has 0 aliphatic carbocycles. The molecule has 1 aromatic heterocycles. The van der Waals surface area contributed by atoms with Gasteiger partial charge in [-0.05, 0) is 39.5 Å². The quantitative estimate of drug-likeness (QED) is 0.736. The van der Waals surface area contributed by atoms with E-state index >= 15 is 0 Å². The van der Waals surface area contributed by atoms with Crippen LogP contribution in [0.5, 0.6) is 0 Å². The van der Waals surface area contributed by atoms with Crippen molar-refractivity contribution in [3.63, 3.8) is 0 Å². The van der Waals surface area contributed by atoms with Gasteiger partial charge < -0.3 is 0 Å². The lowest BCUT2D eigenvalue weighted by molar-refractivity contribution is 0.112. The van der Waals surface area contributed by atoms with Gasteiger partial charge in [-0.3, -0.25) is 4.79 Å². The Balaban J connectivity index is 2.73. The van der Waals surface area contributed by atoms with Crippen molar-refractivity contribution in [2.75, 3.05) is 0 Å². The van der Waals surface area contributed by atoms with Crippen LogP contribution in [-0.2, 0) is 0 Å². The Morgan fingerprint density at radius 1 is 1.40 bits per heavy atom. The molecule has 78 valence electrons. The van der Waals surface area contributed by atoms with Gasteiger partial charge >= 0.3 is 0 Å². The van der Waals surface area contributed by atoms with Crippen LogP contribution in [0.15, 0.2) is 22.0 Å². The van der Waals surface area contributed by atoms with Gasteiger partial charge in [0.05, 0.1) is 3.79 Å². The van der Waals surface area contributed by atoms with E-state index in [1.165, 1.54) is 5.56 Å². The summed E-state index contributed by atoms with van der Waals surface area (Å²) in [6.45, 7) is 4.31. The third kappa shape index (κ3) is 1.86. The lowest BCUT2D eigenvalue weighted by Gasteiger charge is -2.04. The number of fused-ring (bicyclic) bond motifs is 1. The highest BCUT2D eigenvalue weighted by molar-refractivity contribution is 9.11. The second-order valence-corrected chi connectivity index (χ2v) is 6.19. The highest BCUT2D eigenvalue weighted by Gasteiger charge is 2.10. The van der Waals surface area contributed by atoms with Crippen molar-refractivity contribution in [2.45, 2.75) is 19.8 Å². The number of carbonyl (C=O) groups is 1. The summed E-state index contributed by atoms with van der Waals surface area (Å²) in [4.78, 5) is 11.0. The Morgan fingerprint density at radius 2 is 2.13 bits per heavy atom. The van der Waals surface area contributed by atoms with Gasteiger partial charge in [-0.25, -0.2) is 0 Å². The van der Waals surface area contributed by atoms with Gasteiger partial charge in [-0.1, -0.05) is 19.9 Å². The molecule has 2 rings (SSSR count). The van der Waals surface area contributed by atoms with Crippen LogP contribution >= 0.6 is 27.3 Å². The Kier molecular flexibility index (Phi) is 2.94. The molecular formula is C12H11BrOS. The molecule has 0 saturated carbocycles. The van der Waals surface area contributed by atoms with Gasteiger partial charge in [0.2, 0.25) is 0 Å². The zero-order chi connectivity index (χ0) is 11.0. The van der Waals surface area contributed by atoms with Crippen molar-refractivity contribution < 1.29 is 4.79 Å². The molecule has 3 heteroatoms. The normalized spacial score (nSPS) is 11.2. The minimum absolute atomic E-state index is 0.493. The van der Waals surface area contributed by atoms with E-state index in [1.54, 1.807) is 11.3 Å². The molecule has 0 fully saturated rings. The molecule has 0 amide bonds. The van der Waals surface area contributed by atoms with Crippen molar-refractivity contribution in [3.8, 4) is 0 Å². The Hall–Kier alpha value is -0.670. The summed E-state index contributed by atoms with van der Waals surface area (Å²) in [7, 11) is 0. The number of hydrogen-bond donors (Lipinski definition) is 0. The maximum absolute atomic E-state index is 11.0. The summed E-state index contributed by atoms with van der Waals surface area (Å²) in [5.74, 6) is 0.493. The smallest absolute Gasteiger partial charge is 0.152 e. The molecule has 1 nitrogen and oxygen atoms in total. The van der Waals surface area contributed by atoms with Crippen LogP contribution in [0.3, 0.4) is 0 Å². The van der Waals surface area contributed by atoms with Gasteiger partial charge in [-0.2, -0.15) is 0 Å². The van der Waals surface area contributed by atoms with E-state index in [-0.39, 0.29) is 0 Å². The second-order valence-electron chi connectivity index (χ2n) is 3.82. The summed E-state index contributed by atoms with van der Waals surface area (Å²) in [6, 6.07) is 6.34. The lowest BCUT2D eigenvalue weighted by Crippen LogP contribution is -1.86. The van der Waals surface area contributed by atoms with Crippen LogP contribution in [-0.4, -0.2) is 6.29 Å². The number of carbonyl (C=O) groups excluding carboxylic acids is 1. The maximum Gasteiger partial charge on any atom is 0.152 e. The Bertz CT molecular complexity index is 514. The first-order chi connectivity index (χ1) is 7.13. The molecule has 1 heterocycles. The standard InChI is InChI=1S/C12H11BrOS/c1-7(2)8-3-4-11-9(5-8)10(6-14)12(13)15-11/h3-7H,1-2H3. The van der Waals surface area contributed by atoms with E-state index in [1.807, 2.05) is 0 Å². The number of thiophene rings is 1. The van der Waals surface area contributed by atoms with E-state index in [4.69, 9.17) is 0 Å². The molecule has 0 unspecified atom stereocenters. The second kappa shape index (κ2) is 4.06. The summed E-state index contributed by atoms with van der Waals surface area (Å²) < 4.78 is 2.08. The van der Waals surface area contributed by atoms with Crippen LogP contribution in [0, 0.1) is 0 Å². The molecule has 0 bridgehead atoms. The molecule has 0 aliphatic heterocycles. The highest BCUT2D eigenvalue weighted by atomic mass is 79.9. The van der Waals surface area contributed by atoms with Gasteiger partial charge in [0.25, 0.3) is 0 Å². The van der Waals surface area contributed by atoms with Crippen molar-refractivity contribution in [1.29, 1.82) is 0 Å². The van der Waals surface area contributed by atoms with E-state index in [0.29, 0.717) is 5.92 Å². The molecule has 1 aromatic carbocycles. The first-order valence-electron chi connectivity index (χ1n) is 4.80. The fourth-order valence-corrected chi connectivity index (χ4v) is 3.28.